The first kappa shape index (κ1) is 23.1. The second kappa shape index (κ2) is 10.2. The van der Waals surface area contributed by atoms with E-state index in [1.54, 1.807) is 24.3 Å². The first-order chi connectivity index (χ1) is 15.4. The van der Waals surface area contributed by atoms with Crippen molar-refractivity contribution in [1.82, 2.24) is 9.62 Å². The number of hydrogen-bond donors (Lipinski definition) is 1. The Labute approximate surface area is 192 Å². The molecular weight excluding hydrogens is 422 g/mol. The van der Waals surface area contributed by atoms with Crippen molar-refractivity contribution >= 4 is 15.7 Å². The van der Waals surface area contributed by atoms with E-state index < -0.39 is 10.0 Å². The van der Waals surface area contributed by atoms with E-state index in [4.69, 9.17) is 4.74 Å². The van der Waals surface area contributed by atoms with Crippen molar-refractivity contribution < 1.29 is 13.2 Å². The number of para-hydroxylation sites is 2. The molecule has 2 fully saturated rings. The van der Waals surface area contributed by atoms with E-state index in [1.807, 2.05) is 12.1 Å². The van der Waals surface area contributed by atoms with Crippen molar-refractivity contribution in [2.75, 3.05) is 31.1 Å². The first-order valence-electron chi connectivity index (χ1n) is 11.7. The highest BCUT2D eigenvalue weighted by molar-refractivity contribution is 7.89. The van der Waals surface area contributed by atoms with Crippen molar-refractivity contribution in [3.63, 3.8) is 0 Å². The second-order valence-electron chi connectivity index (χ2n) is 9.10. The van der Waals surface area contributed by atoms with Gasteiger partial charge < -0.3 is 9.64 Å². The average molecular weight is 458 g/mol. The van der Waals surface area contributed by atoms with Gasteiger partial charge in [-0.3, -0.25) is 4.90 Å². The Balaban J connectivity index is 1.27. The Bertz CT molecular complexity index is 965. The number of ether oxygens (including phenoxy) is 1. The van der Waals surface area contributed by atoms with Gasteiger partial charge in [0.15, 0.2) is 0 Å². The number of sulfonamides is 1. The number of nitrogens with one attached hydrogen (secondary N) is 1. The minimum Gasteiger partial charge on any atom is -0.489 e. The quantitative estimate of drug-likeness (QED) is 0.684. The summed E-state index contributed by atoms with van der Waals surface area (Å²) in [5.74, 6) is 0.960. The molecule has 0 bridgehead atoms. The van der Waals surface area contributed by atoms with Gasteiger partial charge in [0, 0.05) is 38.3 Å². The minimum absolute atomic E-state index is 0.0257. The summed E-state index contributed by atoms with van der Waals surface area (Å²) in [7, 11) is -3.44. The van der Waals surface area contributed by atoms with Crippen LogP contribution in [0.15, 0.2) is 59.5 Å². The molecule has 4 rings (SSSR count). The topological polar surface area (TPSA) is 61.9 Å². The highest BCUT2D eigenvalue weighted by Crippen LogP contribution is 2.31. The average Bonchev–Trinajstić information content (AvgIpc) is 2.80. The number of rotatable bonds is 7. The zero-order chi connectivity index (χ0) is 22.6. The Kier molecular flexibility index (Phi) is 7.38. The fraction of sp³-hybridized carbons (Fsp3) is 0.520. The summed E-state index contributed by atoms with van der Waals surface area (Å²) < 4.78 is 34.2. The van der Waals surface area contributed by atoms with Gasteiger partial charge in [-0.1, -0.05) is 30.3 Å². The number of benzene rings is 2. The zero-order valence-electron chi connectivity index (χ0n) is 19.1. The Morgan fingerprint density at radius 3 is 2.16 bits per heavy atom. The Hall–Kier alpha value is -2.09. The van der Waals surface area contributed by atoms with Crippen LogP contribution in [0.5, 0.6) is 5.75 Å². The van der Waals surface area contributed by atoms with Gasteiger partial charge in [0.05, 0.1) is 16.7 Å². The number of piperazine rings is 1. The molecule has 2 aromatic carbocycles. The molecule has 0 atom stereocenters. The van der Waals surface area contributed by atoms with Gasteiger partial charge in [0.2, 0.25) is 10.0 Å². The summed E-state index contributed by atoms with van der Waals surface area (Å²) in [4.78, 5) is 5.36. The van der Waals surface area contributed by atoms with Crippen LogP contribution in [0.1, 0.15) is 39.5 Å². The monoisotopic (exact) mass is 457 g/mol. The lowest BCUT2D eigenvalue weighted by Gasteiger charge is -2.43. The zero-order valence-corrected chi connectivity index (χ0v) is 19.9. The fourth-order valence-corrected chi connectivity index (χ4v) is 6.17. The van der Waals surface area contributed by atoms with E-state index in [-0.39, 0.29) is 12.1 Å². The number of hydrogen-bond acceptors (Lipinski definition) is 5. The van der Waals surface area contributed by atoms with Crippen LogP contribution in [0, 0.1) is 0 Å². The molecule has 2 aromatic rings. The summed E-state index contributed by atoms with van der Waals surface area (Å²) in [6.45, 7) is 8.15. The maximum atomic E-state index is 12.6. The number of nitrogens with zero attached hydrogens (tertiary/aromatic N) is 2. The summed E-state index contributed by atoms with van der Waals surface area (Å²) in [5, 5.41) is 0. The van der Waals surface area contributed by atoms with E-state index >= 15 is 0 Å². The maximum absolute atomic E-state index is 12.6. The first-order valence-corrected chi connectivity index (χ1v) is 13.2. The molecule has 0 amide bonds. The molecule has 0 aromatic heterocycles. The molecule has 0 radical (unpaired) electrons. The molecule has 1 aliphatic carbocycles. The third-order valence-corrected chi connectivity index (χ3v) is 8.01. The fourth-order valence-electron chi connectivity index (χ4n) is 4.85. The van der Waals surface area contributed by atoms with E-state index in [2.05, 4.69) is 46.6 Å². The third-order valence-electron chi connectivity index (χ3n) is 6.47. The Morgan fingerprint density at radius 2 is 1.50 bits per heavy atom. The summed E-state index contributed by atoms with van der Waals surface area (Å²) in [5.41, 5.74) is 1.18. The molecule has 174 valence electrons. The smallest absolute Gasteiger partial charge is 0.240 e. The predicted octanol–water partition coefficient (Wildman–Crippen LogP) is 3.89. The molecular formula is C25H35N3O3S. The Morgan fingerprint density at radius 1 is 0.875 bits per heavy atom. The van der Waals surface area contributed by atoms with Gasteiger partial charge >= 0.3 is 0 Å². The molecule has 2 aliphatic rings. The summed E-state index contributed by atoms with van der Waals surface area (Å²) in [6, 6.07) is 17.5. The van der Waals surface area contributed by atoms with Crippen LogP contribution in [-0.2, 0) is 10.0 Å². The highest BCUT2D eigenvalue weighted by atomic mass is 32.2. The van der Waals surface area contributed by atoms with Crippen LogP contribution in [0.2, 0.25) is 0 Å². The van der Waals surface area contributed by atoms with Gasteiger partial charge in [-0.15, -0.1) is 0 Å². The van der Waals surface area contributed by atoms with Crippen molar-refractivity contribution in [3.8, 4) is 5.75 Å². The molecule has 1 aliphatic heterocycles. The molecule has 32 heavy (non-hydrogen) atoms. The molecule has 6 nitrogen and oxygen atoms in total. The van der Waals surface area contributed by atoms with Gasteiger partial charge in [-0.2, -0.15) is 0 Å². The molecule has 1 saturated heterocycles. The van der Waals surface area contributed by atoms with Gasteiger partial charge in [0.1, 0.15) is 5.75 Å². The molecule has 0 spiro atoms. The van der Waals surface area contributed by atoms with Gasteiger partial charge in [-0.25, -0.2) is 13.1 Å². The van der Waals surface area contributed by atoms with E-state index in [9.17, 15) is 8.42 Å². The van der Waals surface area contributed by atoms with Crippen molar-refractivity contribution in [1.29, 1.82) is 0 Å². The molecule has 1 heterocycles. The molecule has 1 saturated carbocycles. The standard InChI is InChI=1S/C25H35N3O3S/c1-20(2)31-25-11-7-6-10-24(25)28-18-16-27(17-19-28)22-14-12-21(13-15-22)26-32(29,30)23-8-4-3-5-9-23/h3-11,20-22,26H,12-19H2,1-2H3. The molecule has 0 unspecified atom stereocenters. The minimum atomic E-state index is -3.44. The number of anilines is 1. The highest BCUT2D eigenvalue weighted by Gasteiger charge is 2.30. The lowest BCUT2D eigenvalue weighted by molar-refractivity contribution is 0.139. The van der Waals surface area contributed by atoms with E-state index in [1.165, 1.54) is 5.69 Å². The molecule has 7 heteroatoms. The lowest BCUT2D eigenvalue weighted by atomic mass is 9.90. The van der Waals surface area contributed by atoms with Crippen LogP contribution in [0.4, 0.5) is 5.69 Å². The van der Waals surface area contributed by atoms with E-state index in [0.717, 1.165) is 57.6 Å². The van der Waals surface area contributed by atoms with Gasteiger partial charge in [0.25, 0.3) is 0 Å². The van der Waals surface area contributed by atoms with Crippen molar-refractivity contribution in [2.24, 2.45) is 0 Å². The van der Waals surface area contributed by atoms with Crippen molar-refractivity contribution in [2.45, 2.75) is 62.6 Å². The SMILES string of the molecule is CC(C)Oc1ccccc1N1CCN(C2CCC(NS(=O)(=O)c3ccccc3)CC2)CC1. The van der Waals surface area contributed by atoms with Crippen LogP contribution in [-0.4, -0.2) is 57.7 Å². The largest absolute Gasteiger partial charge is 0.489 e. The summed E-state index contributed by atoms with van der Waals surface area (Å²) in [6.07, 6.45) is 4.01. The maximum Gasteiger partial charge on any atom is 0.240 e. The lowest BCUT2D eigenvalue weighted by Crippen LogP contribution is -2.52. The van der Waals surface area contributed by atoms with Crippen LogP contribution in [0.3, 0.4) is 0 Å². The van der Waals surface area contributed by atoms with Crippen molar-refractivity contribution in [3.05, 3.63) is 54.6 Å². The van der Waals surface area contributed by atoms with E-state index in [0.29, 0.717) is 10.9 Å². The van der Waals surface area contributed by atoms with Crippen LogP contribution < -0.4 is 14.4 Å². The summed E-state index contributed by atoms with van der Waals surface area (Å²) >= 11 is 0. The van der Waals surface area contributed by atoms with Crippen LogP contribution >= 0.6 is 0 Å². The van der Waals surface area contributed by atoms with Gasteiger partial charge in [-0.05, 0) is 63.8 Å². The normalized spacial score (nSPS) is 22.8. The van der Waals surface area contributed by atoms with Crippen LogP contribution in [0.25, 0.3) is 0 Å². The predicted molar refractivity (Wildman–Crippen MR) is 129 cm³/mol. The second-order valence-corrected chi connectivity index (χ2v) is 10.8. The molecule has 1 N–H and O–H groups in total. The third kappa shape index (κ3) is 5.63.